The summed E-state index contributed by atoms with van der Waals surface area (Å²) < 4.78 is 10.8. The molecule has 0 N–H and O–H groups in total. The number of hydrogen-bond acceptors (Lipinski definition) is 6. The third-order valence-electron chi connectivity index (χ3n) is 4.64. The first kappa shape index (κ1) is 14.4. The number of amides is 1. The molecule has 1 atom stereocenters. The van der Waals surface area contributed by atoms with Gasteiger partial charge in [-0.15, -0.1) is 0 Å². The number of aromatic nitrogens is 2. The van der Waals surface area contributed by atoms with Gasteiger partial charge in [0.05, 0.1) is 11.8 Å². The smallest absolute Gasteiger partial charge is 0.257 e. The fourth-order valence-corrected chi connectivity index (χ4v) is 3.10. The van der Waals surface area contributed by atoms with Gasteiger partial charge in [-0.3, -0.25) is 9.69 Å². The molecular formula is C16H20N4O3. The lowest BCUT2D eigenvalue weighted by Crippen LogP contribution is -2.49. The summed E-state index contributed by atoms with van der Waals surface area (Å²) in [7, 11) is 2.01. The van der Waals surface area contributed by atoms with E-state index < -0.39 is 0 Å². The Labute approximate surface area is 134 Å². The SMILES string of the molecule is Cc1noc([C@H]2CN(C(=O)c3ccoc3C3CC3)CCN2C)n1. The number of hydrogen-bond donors (Lipinski definition) is 0. The summed E-state index contributed by atoms with van der Waals surface area (Å²) >= 11 is 0. The molecule has 2 aromatic heterocycles. The molecular weight excluding hydrogens is 296 g/mol. The van der Waals surface area contributed by atoms with Crippen molar-refractivity contribution in [3.8, 4) is 0 Å². The molecule has 0 unspecified atom stereocenters. The van der Waals surface area contributed by atoms with Gasteiger partial charge in [-0.25, -0.2) is 0 Å². The number of furan rings is 1. The van der Waals surface area contributed by atoms with Crippen molar-refractivity contribution in [2.24, 2.45) is 0 Å². The lowest BCUT2D eigenvalue weighted by molar-refractivity contribution is 0.0487. The maximum Gasteiger partial charge on any atom is 0.257 e. The van der Waals surface area contributed by atoms with Gasteiger partial charge in [0.15, 0.2) is 5.82 Å². The van der Waals surface area contributed by atoms with Crippen molar-refractivity contribution in [2.75, 3.05) is 26.7 Å². The Bertz CT molecular complexity index is 718. The second-order valence-corrected chi connectivity index (χ2v) is 6.40. The lowest BCUT2D eigenvalue weighted by atomic mass is 10.1. The minimum absolute atomic E-state index is 0.0370. The maximum absolute atomic E-state index is 12.9. The molecule has 1 saturated heterocycles. The molecule has 2 fully saturated rings. The molecule has 0 spiro atoms. The van der Waals surface area contributed by atoms with Gasteiger partial charge in [-0.05, 0) is 32.9 Å². The number of carbonyl (C=O) groups excluding carboxylic acids is 1. The van der Waals surface area contributed by atoms with Gasteiger partial charge in [0.2, 0.25) is 5.89 Å². The van der Waals surface area contributed by atoms with E-state index in [2.05, 4.69) is 15.0 Å². The van der Waals surface area contributed by atoms with Gasteiger partial charge in [0.25, 0.3) is 5.91 Å². The summed E-state index contributed by atoms with van der Waals surface area (Å²) in [5.74, 6) is 2.49. The highest BCUT2D eigenvalue weighted by Crippen LogP contribution is 2.42. The highest BCUT2D eigenvalue weighted by molar-refractivity contribution is 5.95. The first-order valence-electron chi connectivity index (χ1n) is 8.00. The predicted octanol–water partition coefficient (Wildman–Crippen LogP) is 1.98. The molecule has 3 heterocycles. The fourth-order valence-electron chi connectivity index (χ4n) is 3.10. The van der Waals surface area contributed by atoms with Crippen LogP contribution < -0.4 is 0 Å². The van der Waals surface area contributed by atoms with Crippen LogP contribution in [0.5, 0.6) is 0 Å². The van der Waals surface area contributed by atoms with Crippen LogP contribution >= 0.6 is 0 Å². The average molecular weight is 316 g/mol. The summed E-state index contributed by atoms with van der Waals surface area (Å²) in [4.78, 5) is 21.2. The summed E-state index contributed by atoms with van der Waals surface area (Å²) in [5, 5.41) is 3.86. The highest BCUT2D eigenvalue weighted by Gasteiger charge is 2.36. The van der Waals surface area contributed by atoms with Crippen LogP contribution in [0.25, 0.3) is 0 Å². The molecule has 0 radical (unpaired) electrons. The van der Waals surface area contributed by atoms with Crippen molar-refractivity contribution in [3.05, 3.63) is 35.4 Å². The standard InChI is InChI=1S/C16H20N4O3/c1-10-17-15(23-18-10)13-9-20(7-6-19(13)2)16(21)12-5-8-22-14(12)11-3-4-11/h5,8,11,13H,3-4,6-7,9H2,1-2H3/t13-/m1/s1. The molecule has 1 saturated carbocycles. The van der Waals surface area contributed by atoms with Gasteiger partial charge in [0.1, 0.15) is 11.8 Å². The molecule has 23 heavy (non-hydrogen) atoms. The first-order valence-corrected chi connectivity index (χ1v) is 8.00. The summed E-state index contributed by atoms with van der Waals surface area (Å²) in [5.41, 5.74) is 0.706. The largest absolute Gasteiger partial charge is 0.468 e. The number of nitrogens with zero attached hydrogens (tertiary/aromatic N) is 4. The highest BCUT2D eigenvalue weighted by atomic mass is 16.5. The van der Waals surface area contributed by atoms with E-state index in [1.807, 2.05) is 11.9 Å². The van der Waals surface area contributed by atoms with Crippen LogP contribution in [0.3, 0.4) is 0 Å². The molecule has 0 bridgehead atoms. The molecule has 1 aliphatic carbocycles. The van der Waals surface area contributed by atoms with Gasteiger partial charge in [0, 0.05) is 25.6 Å². The van der Waals surface area contributed by atoms with Crippen molar-refractivity contribution in [1.29, 1.82) is 0 Å². The Morgan fingerprint density at radius 3 is 2.87 bits per heavy atom. The molecule has 4 rings (SSSR count). The topological polar surface area (TPSA) is 75.6 Å². The van der Waals surface area contributed by atoms with E-state index in [4.69, 9.17) is 8.94 Å². The second-order valence-electron chi connectivity index (χ2n) is 6.40. The zero-order chi connectivity index (χ0) is 16.0. The number of likely N-dealkylation sites (N-methyl/N-ethyl adjacent to an activating group) is 1. The molecule has 122 valence electrons. The van der Waals surface area contributed by atoms with Gasteiger partial charge < -0.3 is 13.8 Å². The number of piperazine rings is 1. The van der Waals surface area contributed by atoms with Gasteiger partial charge in [-0.2, -0.15) is 4.98 Å². The third-order valence-corrected chi connectivity index (χ3v) is 4.64. The van der Waals surface area contributed by atoms with Gasteiger partial charge in [-0.1, -0.05) is 5.16 Å². The number of aryl methyl sites for hydroxylation is 1. The predicted molar refractivity (Wildman–Crippen MR) is 81.0 cm³/mol. The minimum atomic E-state index is -0.0647. The maximum atomic E-state index is 12.9. The van der Waals surface area contributed by atoms with E-state index in [0.29, 0.717) is 36.3 Å². The normalized spacial score (nSPS) is 22.5. The van der Waals surface area contributed by atoms with E-state index in [-0.39, 0.29) is 11.9 Å². The summed E-state index contributed by atoms with van der Waals surface area (Å²) in [6, 6.07) is 1.73. The quantitative estimate of drug-likeness (QED) is 0.862. The van der Waals surface area contributed by atoms with Crippen LogP contribution in [0.15, 0.2) is 21.3 Å². The molecule has 2 aromatic rings. The third kappa shape index (κ3) is 2.65. The first-order chi connectivity index (χ1) is 11.1. The Kier molecular flexibility index (Phi) is 3.45. The van der Waals surface area contributed by atoms with Crippen LogP contribution in [0.1, 0.15) is 52.6 Å². The zero-order valence-electron chi connectivity index (χ0n) is 13.4. The van der Waals surface area contributed by atoms with E-state index in [1.54, 1.807) is 19.3 Å². The Morgan fingerprint density at radius 2 is 2.17 bits per heavy atom. The van der Waals surface area contributed by atoms with Crippen molar-refractivity contribution in [1.82, 2.24) is 19.9 Å². The second kappa shape index (κ2) is 5.49. The molecule has 1 amide bonds. The Morgan fingerprint density at radius 1 is 1.35 bits per heavy atom. The summed E-state index contributed by atoms with van der Waals surface area (Å²) in [6.07, 6.45) is 3.84. The monoisotopic (exact) mass is 316 g/mol. The fraction of sp³-hybridized carbons (Fsp3) is 0.562. The van der Waals surface area contributed by atoms with Crippen molar-refractivity contribution < 1.29 is 13.7 Å². The zero-order valence-corrected chi connectivity index (χ0v) is 13.4. The van der Waals surface area contributed by atoms with E-state index in [9.17, 15) is 4.79 Å². The average Bonchev–Trinajstić information content (AvgIpc) is 3.11. The van der Waals surface area contributed by atoms with E-state index >= 15 is 0 Å². The number of rotatable bonds is 3. The Balaban J connectivity index is 1.54. The molecule has 7 nitrogen and oxygen atoms in total. The molecule has 2 aliphatic rings. The minimum Gasteiger partial charge on any atom is -0.468 e. The van der Waals surface area contributed by atoms with Crippen LogP contribution in [0, 0.1) is 6.92 Å². The van der Waals surface area contributed by atoms with Crippen LogP contribution in [-0.2, 0) is 0 Å². The van der Waals surface area contributed by atoms with Gasteiger partial charge >= 0.3 is 0 Å². The van der Waals surface area contributed by atoms with Crippen molar-refractivity contribution >= 4 is 5.91 Å². The van der Waals surface area contributed by atoms with Crippen LogP contribution in [-0.4, -0.2) is 52.5 Å². The number of carbonyl (C=O) groups is 1. The summed E-state index contributed by atoms with van der Waals surface area (Å²) in [6.45, 7) is 3.81. The van der Waals surface area contributed by atoms with Crippen LogP contribution in [0.4, 0.5) is 0 Å². The molecule has 7 heteroatoms. The molecule has 0 aromatic carbocycles. The Hall–Kier alpha value is -2.15. The van der Waals surface area contributed by atoms with E-state index in [1.165, 1.54) is 0 Å². The van der Waals surface area contributed by atoms with Crippen molar-refractivity contribution in [3.63, 3.8) is 0 Å². The van der Waals surface area contributed by atoms with Crippen LogP contribution in [0.2, 0.25) is 0 Å². The van der Waals surface area contributed by atoms with E-state index in [0.717, 1.165) is 25.1 Å². The lowest BCUT2D eigenvalue weighted by Gasteiger charge is -2.37. The molecule has 1 aliphatic heterocycles. The van der Waals surface area contributed by atoms with Crippen molar-refractivity contribution in [2.45, 2.75) is 31.7 Å².